The molecule has 4 heteroatoms. The van der Waals surface area contributed by atoms with Crippen molar-refractivity contribution < 1.29 is 9.53 Å². The molecule has 0 amide bonds. The number of rotatable bonds is 10. The molecule has 0 saturated carbocycles. The van der Waals surface area contributed by atoms with E-state index in [1.165, 1.54) is 38.5 Å². The normalized spacial score (nSPS) is 17.0. The van der Waals surface area contributed by atoms with Crippen LogP contribution in [0.2, 0.25) is 5.02 Å². The van der Waals surface area contributed by atoms with Crippen molar-refractivity contribution in [1.82, 2.24) is 4.90 Å². The van der Waals surface area contributed by atoms with Crippen LogP contribution in [-0.2, 0) is 4.79 Å². The molecule has 1 aliphatic heterocycles. The van der Waals surface area contributed by atoms with Crippen LogP contribution in [0.1, 0.15) is 63.9 Å². The molecule has 0 radical (unpaired) electrons. The van der Waals surface area contributed by atoms with Crippen LogP contribution in [0.3, 0.4) is 0 Å². The molecule has 1 aromatic carbocycles. The van der Waals surface area contributed by atoms with Gasteiger partial charge in [0.2, 0.25) is 0 Å². The fraction of sp³-hybridized carbons (Fsp3) is 0.591. The highest BCUT2D eigenvalue weighted by Gasteiger charge is 2.18. The highest BCUT2D eigenvalue weighted by molar-refractivity contribution is 6.32. The zero-order valence-electron chi connectivity index (χ0n) is 16.2. The average molecular weight is 378 g/mol. The molecular weight excluding hydrogens is 346 g/mol. The first-order valence-electron chi connectivity index (χ1n) is 9.95. The molecule has 26 heavy (non-hydrogen) atoms. The van der Waals surface area contributed by atoms with Gasteiger partial charge in [-0.15, -0.1) is 0 Å². The minimum Gasteiger partial charge on any atom is -0.494 e. The summed E-state index contributed by atoms with van der Waals surface area (Å²) in [4.78, 5) is 14.2. The third-order valence-electron chi connectivity index (χ3n) is 4.84. The number of likely N-dealkylation sites (N-methyl/N-ethyl adjacent to an activating group) is 1. The third-order valence-corrected chi connectivity index (χ3v) is 5.16. The van der Waals surface area contributed by atoms with E-state index in [2.05, 4.69) is 11.8 Å². The van der Waals surface area contributed by atoms with Crippen molar-refractivity contribution in [1.29, 1.82) is 0 Å². The van der Waals surface area contributed by atoms with E-state index < -0.39 is 0 Å². The molecule has 144 valence electrons. The Morgan fingerprint density at radius 2 is 1.88 bits per heavy atom. The van der Waals surface area contributed by atoms with Gasteiger partial charge in [-0.05, 0) is 43.3 Å². The van der Waals surface area contributed by atoms with E-state index >= 15 is 0 Å². The topological polar surface area (TPSA) is 29.5 Å². The van der Waals surface area contributed by atoms with E-state index in [1.54, 1.807) is 0 Å². The summed E-state index contributed by atoms with van der Waals surface area (Å²) in [7, 11) is 2.03. The third kappa shape index (κ3) is 7.13. The van der Waals surface area contributed by atoms with Crippen molar-refractivity contribution in [2.24, 2.45) is 0 Å². The van der Waals surface area contributed by atoms with E-state index in [-0.39, 0.29) is 5.78 Å². The molecule has 0 unspecified atom stereocenters. The molecule has 0 aliphatic carbocycles. The molecule has 0 N–H and O–H groups in total. The number of piperidine rings is 1. The second-order valence-electron chi connectivity index (χ2n) is 7.23. The van der Waals surface area contributed by atoms with Gasteiger partial charge in [0.25, 0.3) is 0 Å². The summed E-state index contributed by atoms with van der Waals surface area (Å²) in [5.41, 5.74) is 1.71. The van der Waals surface area contributed by atoms with Crippen molar-refractivity contribution in [2.75, 3.05) is 26.7 Å². The second kappa shape index (κ2) is 11.4. The molecule has 0 spiro atoms. The first kappa shape index (κ1) is 21.0. The van der Waals surface area contributed by atoms with Gasteiger partial charge in [0.15, 0.2) is 5.78 Å². The average Bonchev–Trinajstić information content (AvgIpc) is 2.62. The van der Waals surface area contributed by atoms with Gasteiger partial charge >= 0.3 is 0 Å². The van der Waals surface area contributed by atoms with Gasteiger partial charge in [-0.25, -0.2) is 0 Å². The fourth-order valence-corrected chi connectivity index (χ4v) is 3.41. The van der Waals surface area contributed by atoms with Crippen molar-refractivity contribution in [2.45, 2.75) is 58.3 Å². The monoisotopic (exact) mass is 377 g/mol. The van der Waals surface area contributed by atoms with Gasteiger partial charge in [0.05, 0.1) is 11.6 Å². The van der Waals surface area contributed by atoms with Crippen LogP contribution >= 0.6 is 11.6 Å². The predicted molar refractivity (Wildman–Crippen MR) is 110 cm³/mol. The molecule has 1 aliphatic rings. The lowest BCUT2D eigenvalue weighted by molar-refractivity contribution is -0.117. The first-order valence-corrected chi connectivity index (χ1v) is 10.3. The van der Waals surface area contributed by atoms with Gasteiger partial charge in [-0.3, -0.25) is 4.79 Å². The lowest BCUT2D eigenvalue weighted by atomic mass is 10.0. The molecule has 0 atom stereocenters. The number of ether oxygens (including phenoxy) is 1. The summed E-state index contributed by atoms with van der Waals surface area (Å²) in [6.45, 7) is 4.49. The number of likely N-dealkylation sites (tertiary alicyclic amines) is 1. The Balaban J connectivity index is 1.79. The Hall–Kier alpha value is -1.32. The number of halogens is 1. The molecule has 1 saturated heterocycles. The highest BCUT2D eigenvalue weighted by atomic mass is 35.5. The maximum Gasteiger partial charge on any atom is 0.161 e. The van der Waals surface area contributed by atoms with Gasteiger partial charge in [-0.2, -0.15) is 0 Å². The maximum absolute atomic E-state index is 12.0. The smallest absolute Gasteiger partial charge is 0.161 e. The van der Waals surface area contributed by atoms with Crippen LogP contribution in [-0.4, -0.2) is 37.4 Å². The van der Waals surface area contributed by atoms with E-state index in [9.17, 15) is 4.79 Å². The van der Waals surface area contributed by atoms with Crippen LogP contribution in [0.4, 0.5) is 0 Å². The number of carbonyl (C=O) groups is 1. The number of Topliss-reactive ketones (excluding diaryl/α,β-unsaturated/α-hetero) is 1. The summed E-state index contributed by atoms with van der Waals surface area (Å²) in [5, 5.41) is 0.635. The van der Waals surface area contributed by atoms with Crippen LogP contribution < -0.4 is 4.74 Å². The molecule has 0 aromatic heterocycles. The number of nitrogens with zero attached hydrogens (tertiary/aromatic N) is 1. The summed E-state index contributed by atoms with van der Waals surface area (Å²) in [6, 6.07) is 5.74. The minimum atomic E-state index is 0.221. The zero-order valence-corrected chi connectivity index (χ0v) is 17.0. The Labute approximate surface area is 163 Å². The standard InChI is InChI=1S/C22H32ClNO2/c1-3-4-5-6-7-8-9-14-26-20-11-10-18(21(23)16-20)15-19-17-24(2)13-12-22(19)25/h10-11,15-16H,3-9,12-14,17H2,1-2H3/b19-15+. The number of hydrogen-bond donors (Lipinski definition) is 0. The van der Waals surface area contributed by atoms with Crippen LogP contribution in [0.25, 0.3) is 6.08 Å². The number of ketones is 1. The number of benzene rings is 1. The van der Waals surface area contributed by atoms with Gasteiger partial charge in [0, 0.05) is 25.1 Å². The van der Waals surface area contributed by atoms with E-state index in [0.29, 0.717) is 18.0 Å². The molecule has 2 rings (SSSR count). The van der Waals surface area contributed by atoms with Crippen molar-refractivity contribution in [3.8, 4) is 5.75 Å². The Morgan fingerprint density at radius 1 is 1.15 bits per heavy atom. The summed E-state index contributed by atoms with van der Waals surface area (Å²) in [5.74, 6) is 1.02. The maximum atomic E-state index is 12.0. The lowest BCUT2D eigenvalue weighted by Gasteiger charge is -2.23. The zero-order chi connectivity index (χ0) is 18.8. The van der Waals surface area contributed by atoms with E-state index in [1.807, 2.05) is 31.3 Å². The van der Waals surface area contributed by atoms with Crippen molar-refractivity contribution in [3.63, 3.8) is 0 Å². The van der Waals surface area contributed by atoms with E-state index in [4.69, 9.17) is 16.3 Å². The van der Waals surface area contributed by atoms with Crippen LogP contribution in [0.15, 0.2) is 23.8 Å². The molecule has 1 fully saturated rings. The highest BCUT2D eigenvalue weighted by Crippen LogP contribution is 2.26. The van der Waals surface area contributed by atoms with Crippen LogP contribution in [0, 0.1) is 0 Å². The summed E-state index contributed by atoms with van der Waals surface area (Å²) >= 11 is 6.39. The van der Waals surface area contributed by atoms with E-state index in [0.717, 1.165) is 36.5 Å². The molecule has 1 heterocycles. The lowest BCUT2D eigenvalue weighted by Crippen LogP contribution is -2.32. The van der Waals surface area contributed by atoms with Gasteiger partial charge < -0.3 is 9.64 Å². The number of carbonyl (C=O) groups excluding carboxylic acids is 1. The Morgan fingerprint density at radius 3 is 2.62 bits per heavy atom. The molecule has 3 nitrogen and oxygen atoms in total. The SMILES string of the molecule is CCCCCCCCCOc1ccc(/C=C2\CN(C)CCC2=O)c(Cl)c1. The summed E-state index contributed by atoms with van der Waals surface area (Å²) < 4.78 is 5.82. The number of unbranched alkanes of at least 4 members (excludes halogenated alkanes) is 6. The summed E-state index contributed by atoms with van der Waals surface area (Å²) in [6.07, 6.45) is 11.4. The van der Waals surface area contributed by atoms with Crippen molar-refractivity contribution >= 4 is 23.5 Å². The quantitative estimate of drug-likeness (QED) is 0.383. The predicted octanol–water partition coefficient (Wildman–Crippen LogP) is 5.76. The first-order chi connectivity index (χ1) is 12.6. The molecule has 1 aromatic rings. The van der Waals surface area contributed by atoms with Gasteiger partial charge in [0.1, 0.15) is 5.75 Å². The van der Waals surface area contributed by atoms with Crippen molar-refractivity contribution in [3.05, 3.63) is 34.4 Å². The molecule has 0 bridgehead atoms. The Bertz CT molecular complexity index is 612. The second-order valence-corrected chi connectivity index (χ2v) is 7.64. The minimum absolute atomic E-state index is 0.221. The Kier molecular flexibility index (Phi) is 9.21. The number of hydrogen-bond acceptors (Lipinski definition) is 3. The van der Waals surface area contributed by atoms with Crippen LogP contribution in [0.5, 0.6) is 5.75 Å². The fourth-order valence-electron chi connectivity index (χ4n) is 3.19. The molecular formula is C22H32ClNO2. The largest absolute Gasteiger partial charge is 0.494 e. The van der Waals surface area contributed by atoms with Gasteiger partial charge in [-0.1, -0.05) is 57.0 Å².